The zero-order chi connectivity index (χ0) is 13.2. The average Bonchev–Trinajstić information content (AvgIpc) is 2.67. The summed E-state index contributed by atoms with van der Waals surface area (Å²) < 4.78 is 0. The molecular weight excluding hydrogens is 240 g/mol. The third kappa shape index (κ3) is 2.65. The summed E-state index contributed by atoms with van der Waals surface area (Å²) in [6.45, 7) is 3.40. The van der Waals surface area contributed by atoms with Gasteiger partial charge in [-0.05, 0) is 45.2 Å². The van der Waals surface area contributed by atoms with E-state index in [0.717, 1.165) is 19.4 Å². The number of carboxylic acid groups (broad SMARTS) is 1. The van der Waals surface area contributed by atoms with Crippen LogP contribution in [0.5, 0.6) is 0 Å². The van der Waals surface area contributed by atoms with Gasteiger partial charge in [0.1, 0.15) is 6.04 Å². The average molecular weight is 266 g/mol. The van der Waals surface area contributed by atoms with Crippen LogP contribution in [0.4, 0.5) is 0 Å². The largest absolute Gasteiger partial charge is 0.480 e. The molecule has 3 aliphatic heterocycles. The van der Waals surface area contributed by atoms with Crippen molar-refractivity contribution in [1.29, 1.82) is 0 Å². The van der Waals surface area contributed by atoms with Crippen LogP contribution >= 0.6 is 0 Å². The minimum atomic E-state index is -0.601. The summed E-state index contributed by atoms with van der Waals surface area (Å²) in [6.07, 6.45) is 9.39. The Bertz CT molecular complexity index is 334. The van der Waals surface area contributed by atoms with Crippen LogP contribution in [0.1, 0.15) is 51.4 Å². The third-order valence-electron chi connectivity index (χ3n) is 5.33. The highest BCUT2D eigenvalue weighted by atomic mass is 16.4. The Morgan fingerprint density at radius 3 is 2.47 bits per heavy atom. The summed E-state index contributed by atoms with van der Waals surface area (Å²) in [7, 11) is 0. The van der Waals surface area contributed by atoms with Gasteiger partial charge < -0.3 is 5.11 Å². The molecule has 3 rings (SSSR count). The molecule has 1 N–H and O–H groups in total. The fraction of sp³-hybridized carbons (Fsp3) is 0.933. The molecule has 0 saturated carbocycles. The van der Waals surface area contributed by atoms with Crippen LogP contribution in [0, 0.1) is 0 Å². The molecule has 0 spiro atoms. The van der Waals surface area contributed by atoms with E-state index in [1.807, 2.05) is 0 Å². The second kappa shape index (κ2) is 5.80. The van der Waals surface area contributed by atoms with Crippen molar-refractivity contribution in [3.63, 3.8) is 0 Å². The predicted octanol–water partition coefficient (Wildman–Crippen LogP) is 1.94. The Hall–Kier alpha value is -0.610. The number of rotatable bonds is 2. The van der Waals surface area contributed by atoms with Gasteiger partial charge in [0.15, 0.2) is 0 Å². The number of hydrogen-bond acceptors (Lipinski definition) is 3. The topological polar surface area (TPSA) is 43.8 Å². The molecule has 3 heterocycles. The number of likely N-dealkylation sites (tertiary alicyclic amines) is 1. The standard InChI is InChI=1S/C15H26N2O2/c18-15(19)14-7-2-1-4-10-17(14)13-8-11-16-9-5-3-6-12(13)16/h12-14H,1-11H2,(H,18,19). The van der Waals surface area contributed by atoms with Crippen molar-refractivity contribution in [3.05, 3.63) is 0 Å². The lowest BCUT2D eigenvalue weighted by Crippen LogP contribution is -2.53. The quantitative estimate of drug-likeness (QED) is 0.829. The molecule has 3 aliphatic rings. The van der Waals surface area contributed by atoms with Crippen LogP contribution in [0.2, 0.25) is 0 Å². The van der Waals surface area contributed by atoms with Gasteiger partial charge in [-0.1, -0.05) is 19.3 Å². The lowest BCUT2D eigenvalue weighted by Gasteiger charge is -2.39. The smallest absolute Gasteiger partial charge is 0.320 e. The van der Waals surface area contributed by atoms with Gasteiger partial charge in [-0.3, -0.25) is 14.6 Å². The molecule has 108 valence electrons. The van der Waals surface area contributed by atoms with Crippen LogP contribution in [-0.4, -0.2) is 58.6 Å². The van der Waals surface area contributed by atoms with Crippen LogP contribution < -0.4 is 0 Å². The maximum absolute atomic E-state index is 11.6. The molecule has 3 fully saturated rings. The van der Waals surface area contributed by atoms with Crippen molar-refractivity contribution in [3.8, 4) is 0 Å². The van der Waals surface area contributed by atoms with Crippen molar-refractivity contribution in [2.45, 2.75) is 69.5 Å². The maximum atomic E-state index is 11.6. The number of fused-ring (bicyclic) bond motifs is 1. The first-order chi connectivity index (χ1) is 9.27. The van der Waals surface area contributed by atoms with Gasteiger partial charge in [-0.2, -0.15) is 0 Å². The predicted molar refractivity (Wildman–Crippen MR) is 74.2 cm³/mol. The van der Waals surface area contributed by atoms with E-state index in [9.17, 15) is 9.90 Å². The molecule has 0 aromatic carbocycles. The first-order valence-corrected chi connectivity index (χ1v) is 8.00. The summed E-state index contributed by atoms with van der Waals surface area (Å²) in [5, 5.41) is 9.53. The summed E-state index contributed by atoms with van der Waals surface area (Å²) in [6, 6.07) is 0.905. The van der Waals surface area contributed by atoms with E-state index < -0.39 is 5.97 Å². The molecule has 0 bridgehead atoms. The van der Waals surface area contributed by atoms with E-state index in [4.69, 9.17) is 0 Å². The Balaban J connectivity index is 1.76. The molecular formula is C15H26N2O2. The fourth-order valence-corrected chi connectivity index (χ4v) is 4.40. The molecule has 3 unspecified atom stereocenters. The number of hydrogen-bond donors (Lipinski definition) is 1. The van der Waals surface area contributed by atoms with E-state index in [1.54, 1.807) is 0 Å². The number of nitrogens with zero attached hydrogens (tertiary/aromatic N) is 2. The fourth-order valence-electron chi connectivity index (χ4n) is 4.40. The van der Waals surface area contributed by atoms with E-state index in [0.29, 0.717) is 12.1 Å². The zero-order valence-corrected chi connectivity index (χ0v) is 11.8. The maximum Gasteiger partial charge on any atom is 0.320 e. The monoisotopic (exact) mass is 266 g/mol. The van der Waals surface area contributed by atoms with Gasteiger partial charge in [0.25, 0.3) is 0 Å². The number of aliphatic carboxylic acids is 1. The highest BCUT2D eigenvalue weighted by Crippen LogP contribution is 2.33. The van der Waals surface area contributed by atoms with E-state index in [-0.39, 0.29) is 6.04 Å². The summed E-state index contributed by atoms with van der Waals surface area (Å²) in [5.74, 6) is -0.601. The second-order valence-electron chi connectivity index (χ2n) is 6.40. The Kier molecular flexibility index (Phi) is 4.08. The molecule has 19 heavy (non-hydrogen) atoms. The molecule has 4 nitrogen and oxygen atoms in total. The molecule has 4 heteroatoms. The van der Waals surface area contributed by atoms with Gasteiger partial charge in [0.2, 0.25) is 0 Å². The Morgan fingerprint density at radius 2 is 1.63 bits per heavy atom. The lowest BCUT2D eigenvalue weighted by molar-refractivity contribution is -0.144. The van der Waals surface area contributed by atoms with E-state index >= 15 is 0 Å². The highest BCUT2D eigenvalue weighted by Gasteiger charge is 2.42. The lowest BCUT2D eigenvalue weighted by atomic mass is 9.96. The normalized spacial score (nSPS) is 37.8. The van der Waals surface area contributed by atoms with Crippen LogP contribution in [0.15, 0.2) is 0 Å². The SMILES string of the molecule is O=C(O)C1CCCCCN1C1CCN2CCCCC12. The Labute approximate surface area is 115 Å². The van der Waals surface area contributed by atoms with Crippen molar-refractivity contribution in [2.24, 2.45) is 0 Å². The molecule has 3 atom stereocenters. The molecule has 0 aromatic heterocycles. The minimum Gasteiger partial charge on any atom is -0.480 e. The number of carboxylic acids is 1. The van der Waals surface area contributed by atoms with Crippen molar-refractivity contribution in [1.82, 2.24) is 9.80 Å². The van der Waals surface area contributed by atoms with Crippen molar-refractivity contribution >= 4 is 5.97 Å². The van der Waals surface area contributed by atoms with Crippen LogP contribution in [-0.2, 0) is 4.79 Å². The van der Waals surface area contributed by atoms with Gasteiger partial charge in [0, 0.05) is 18.6 Å². The zero-order valence-electron chi connectivity index (χ0n) is 11.8. The molecule has 0 amide bonds. The first-order valence-electron chi connectivity index (χ1n) is 8.00. The Morgan fingerprint density at radius 1 is 0.842 bits per heavy atom. The van der Waals surface area contributed by atoms with Gasteiger partial charge in [-0.15, -0.1) is 0 Å². The second-order valence-corrected chi connectivity index (χ2v) is 6.40. The van der Waals surface area contributed by atoms with Crippen molar-refractivity contribution < 1.29 is 9.90 Å². The summed E-state index contributed by atoms with van der Waals surface area (Å²) >= 11 is 0. The first kappa shape index (κ1) is 13.4. The summed E-state index contributed by atoms with van der Waals surface area (Å²) in [5.41, 5.74) is 0. The van der Waals surface area contributed by atoms with Crippen LogP contribution in [0.3, 0.4) is 0 Å². The van der Waals surface area contributed by atoms with Crippen LogP contribution in [0.25, 0.3) is 0 Å². The van der Waals surface area contributed by atoms with Gasteiger partial charge in [0.05, 0.1) is 0 Å². The summed E-state index contributed by atoms with van der Waals surface area (Å²) in [4.78, 5) is 16.5. The number of carbonyl (C=O) groups is 1. The van der Waals surface area contributed by atoms with E-state index in [2.05, 4.69) is 9.80 Å². The van der Waals surface area contributed by atoms with E-state index in [1.165, 1.54) is 51.6 Å². The van der Waals surface area contributed by atoms with Gasteiger partial charge in [-0.25, -0.2) is 0 Å². The molecule has 3 saturated heterocycles. The number of piperidine rings is 1. The molecule has 0 aliphatic carbocycles. The molecule has 0 radical (unpaired) electrons. The van der Waals surface area contributed by atoms with Gasteiger partial charge >= 0.3 is 5.97 Å². The molecule has 0 aromatic rings. The van der Waals surface area contributed by atoms with Crippen molar-refractivity contribution in [2.75, 3.05) is 19.6 Å². The third-order valence-corrected chi connectivity index (χ3v) is 5.33. The highest BCUT2D eigenvalue weighted by molar-refractivity contribution is 5.73. The minimum absolute atomic E-state index is 0.227.